The first kappa shape index (κ1) is 8.65. The van der Waals surface area contributed by atoms with Crippen molar-refractivity contribution in [2.24, 2.45) is 15.1 Å². The lowest BCUT2D eigenvalue weighted by atomic mass is 10.6. The van der Waals surface area contributed by atoms with E-state index < -0.39 is 0 Å². The average Bonchev–Trinajstić information content (AvgIpc) is 1.88. The number of amidine groups is 2. The fourth-order valence-electron chi connectivity index (χ4n) is 0.371. The van der Waals surface area contributed by atoms with E-state index >= 15 is 0 Å². The first-order valence-electron chi connectivity index (χ1n) is 2.74. The highest BCUT2D eigenvalue weighted by molar-refractivity contribution is 5.94. The molecule has 0 amide bonds. The first-order chi connectivity index (χ1) is 4.70. The van der Waals surface area contributed by atoms with Gasteiger partial charge in [-0.05, 0) is 24.5 Å². The van der Waals surface area contributed by atoms with Crippen LogP contribution in [0.4, 0.5) is 0 Å². The topological polar surface area (TPSA) is 73.5 Å². The lowest BCUT2D eigenvalue weighted by Crippen LogP contribution is -1.90. The van der Waals surface area contributed by atoms with Gasteiger partial charge in [-0.2, -0.15) is 0 Å². The Bertz CT molecular complexity index is 208. The second-order valence-corrected chi connectivity index (χ2v) is 1.62. The van der Waals surface area contributed by atoms with Crippen LogP contribution in [0.2, 0.25) is 0 Å². The van der Waals surface area contributed by atoms with E-state index in [1.54, 1.807) is 20.9 Å². The Morgan fingerprint density at radius 2 is 1.90 bits per heavy atom. The number of aliphatic imine (C=N–C) groups is 2. The highest BCUT2D eigenvalue weighted by Crippen LogP contribution is 1.83. The highest BCUT2D eigenvalue weighted by Gasteiger charge is 1.84. The van der Waals surface area contributed by atoms with Crippen LogP contribution in [0.25, 0.3) is 10.4 Å². The van der Waals surface area contributed by atoms with E-state index in [4.69, 9.17) is 5.53 Å². The molecule has 0 aromatic heterocycles. The molecule has 0 saturated heterocycles. The minimum Gasteiger partial charge on any atom is -0.274 e. The summed E-state index contributed by atoms with van der Waals surface area (Å²) < 4.78 is 0. The number of hydrogen-bond donors (Lipinski definition) is 0. The molecule has 0 spiro atoms. The Labute approximate surface area is 59.1 Å². The standard InChI is InChI=1S/C5H9N5/c1-4(7-3)8-5(2)9-10-6/h1-3H3. The van der Waals surface area contributed by atoms with E-state index in [1.165, 1.54) is 0 Å². The van der Waals surface area contributed by atoms with Crippen molar-refractivity contribution in [3.63, 3.8) is 0 Å². The maximum absolute atomic E-state index is 7.96. The quantitative estimate of drug-likeness (QED) is 0.161. The molecule has 0 unspecified atom stereocenters. The Balaban J connectivity index is 4.30. The Hall–Kier alpha value is -1.35. The molecule has 5 heteroatoms. The van der Waals surface area contributed by atoms with Gasteiger partial charge in [0, 0.05) is 12.0 Å². The largest absolute Gasteiger partial charge is 0.274 e. The van der Waals surface area contributed by atoms with Crippen molar-refractivity contribution in [3.8, 4) is 0 Å². The third-order valence-electron chi connectivity index (χ3n) is 0.837. The van der Waals surface area contributed by atoms with Crippen molar-refractivity contribution in [2.45, 2.75) is 13.8 Å². The van der Waals surface area contributed by atoms with Gasteiger partial charge in [0.1, 0.15) is 11.7 Å². The lowest BCUT2D eigenvalue weighted by molar-refractivity contribution is 1.36. The van der Waals surface area contributed by atoms with Gasteiger partial charge in [0.05, 0.1) is 0 Å². The number of azide groups is 1. The molecular formula is C5H9N5. The van der Waals surface area contributed by atoms with Crippen LogP contribution in [0, 0.1) is 0 Å². The summed E-state index contributed by atoms with van der Waals surface area (Å²) in [4.78, 5) is 10.2. The smallest absolute Gasteiger partial charge is 0.119 e. The van der Waals surface area contributed by atoms with Crippen LogP contribution in [0.1, 0.15) is 13.8 Å². The normalized spacial score (nSPS) is 12.7. The summed E-state index contributed by atoms with van der Waals surface area (Å²) in [5.74, 6) is 0.982. The molecule has 0 aliphatic carbocycles. The van der Waals surface area contributed by atoms with Crippen molar-refractivity contribution in [2.75, 3.05) is 7.05 Å². The Kier molecular flexibility index (Phi) is 3.91. The van der Waals surface area contributed by atoms with Gasteiger partial charge >= 0.3 is 0 Å². The lowest BCUT2D eigenvalue weighted by Gasteiger charge is -1.88. The molecule has 0 aliphatic rings. The number of rotatable bonds is 0. The molecule has 0 saturated carbocycles. The minimum absolute atomic E-state index is 0.380. The summed E-state index contributed by atoms with van der Waals surface area (Å²) >= 11 is 0. The third kappa shape index (κ3) is 3.63. The minimum atomic E-state index is 0.380. The van der Waals surface area contributed by atoms with E-state index in [1.807, 2.05) is 0 Å². The van der Waals surface area contributed by atoms with Gasteiger partial charge in [-0.3, -0.25) is 4.99 Å². The van der Waals surface area contributed by atoms with Gasteiger partial charge < -0.3 is 0 Å². The van der Waals surface area contributed by atoms with E-state index in [2.05, 4.69) is 20.0 Å². The molecule has 0 aromatic carbocycles. The van der Waals surface area contributed by atoms with Crippen molar-refractivity contribution in [3.05, 3.63) is 10.4 Å². The zero-order chi connectivity index (χ0) is 7.98. The molecule has 0 radical (unpaired) electrons. The molecule has 0 rings (SSSR count). The summed E-state index contributed by atoms with van der Waals surface area (Å²) in [6, 6.07) is 0. The van der Waals surface area contributed by atoms with Gasteiger partial charge in [0.15, 0.2) is 0 Å². The Morgan fingerprint density at radius 3 is 2.30 bits per heavy atom. The van der Waals surface area contributed by atoms with Crippen LogP contribution in [0.5, 0.6) is 0 Å². The molecule has 54 valence electrons. The second-order valence-electron chi connectivity index (χ2n) is 1.62. The van der Waals surface area contributed by atoms with E-state index in [9.17, 15) is 0 Å². The number of hydrogen-bond acceptors (Lipinski definition) is 1. The van der Waals surface area contributed by atoms with Crippen molar-refractivity contribution >= 4 is 11.7 Å². The molecule has 0 heterocycles. The van der Waals surface area contributed by atoms with Crippen LogP contribution >= 0.6 is 0 Å². The molecule has 0 fully saturated rings. The summed E-state index contributed by atoms with van der Waals surface area (Å²) in [5, 5.41) is 3.26. The highest BCUT2D eigenvalue weighted by atomic mass is 15.2. The second kappa shape index (κ2) is 4.52. The molecule has 0 aromatic rings. The zero-order valence-electron chi connectivity index (χ0n) is 6.24. The van der Waals surface area contributed by atoms with Crippen LogP contribution in [-0.4, -0.2) is 18.7 Å². The van der Waals surface area contributed by atoms with Crippen molar-refractivity contribution < 1.29 is 0 Å². The predicted molar refractivity (Wildman–Crippen MR) is 41.3 cm³/mol. The van der Waals surface area contributed by atoms with Crippen LogP contribution in [0.15, 0.2) is 15.1 Å². The molecular weight excluding hydrogens is 130 g/mol. The SMILES string of the molecule is CN=C(C)N=C(C)N=[N+]=[N-]. The van der Waals surface area contributed by atoms with Crippen molar-refractivity contribution in [1.82, 2.24) is 0 Å². The van der Waals surface area contributed by atoms with E-state index in [0.29, 0.717) is 11.7 Å². The maximum atomic E-state index is 7.96. The monoisotopic (exact) mass is 139 g/mol. The van der Waals surface area contributed by atoms with Crippen LogP contribution in [0.3, 0.4) is 0 Å². The maximum Gasteiger partial charge on any atom is 0.119 e. The van der Waals surface area contributed by atoms with E-state index in [0.717, 1.165) is 0 Å². The van der Waals surface area contributed by atoms with Crippen molar-refractivity contribution in [1.29, 1.82) is 0 Å². The van der Waals surface area contributed by atoms with Gasteiger partial charge in [-0.25, -0.2) is 4.99 Å². The van der Waals surface area contributed by atoms with E-state index in [-0.39, 0.29) is 0 Å². The first-order valence-corrected chi connectivity index (χ1v) is 2.74. The molecule has 5 nitrogen and oxygen atoms in total. The molecule has 10 heavy (non-hydrogen) atoms. The summed E-state index contributed by atoms with van der Waals surface area (Å²) in [6.45, 7) is 3.35. The van der Waals surface area contributed by atoms with Gasteiger partial charge in [0.25, 0.3) is 0 Å². The average molecular weight is 139 g/mol. The fraction of sp³-hybridized carbons (Fsp3) is 0.600. The molecule has 0 aliphatic heterocycles. The molecule has 0 atom stereocenters. The summed E-state index contributed by atoms with van der Waals surface area (Å²) in [5.41, 5.74) is 7.96. The molecule has 0 bridgehead atoms. The molecule has 0 N–H and O–H groups in total. The van der Waals surface area contributed by atoms with Gasteiger partial charge in [-0.1, -0.05) is 0 Å². The third-order valence-corrected chi connectivity index (χ3v) is 0.837. The summed E-state index contributed by atoms with van der Waals surface area (Å²) in [6.07, 6.45) is 0. The van der Waals surface area contributed by atoms with Crippen LogP contribution < -0.4 is 0 Å². The summed E-state index contributed by atoms with van der Waals surface area (Å²) in [7, 11) is 1.63. The number of nitrogens with zero attached hydrogens (tertiary/aromatic N) is 5. The Morgan fingerprint density at radius 1 is 1.30 bits per heavy atom. The van der Waals surface area contributed by atoms with Gasteiger partial charge in [0.2, 0.25) is 0 Å². The zero-order valence-corrected chi connectivity index (χ0v) is 6.24. The van der Waals surface area contributed by atoms with Crippen LogP contribution in [-0.2, 0) is 0 Å². The fourth-order valence-corrected chi connectivity index (χ4v) is 0.371. The predicted octanol–water partition coefficient (Wildman–Crippen LogP) is 1.76. The van der Waals surface area contributed by atoms with Gasteiger partial charge in [-0.15, -0.1) is 0 Å².